The minimum Gasteiger partial charge on any atom is -0.399 e. The van der Waals surface area contributed by atoms with Crippen molar-refractivity contribution in [2.75, 3.05) is 13.2 Å². The Kier molecular flexibility index (Phi) is 5.66. The van der Waals surface area contributed by atoms with Gasteiger partial charge >= 0.3 is 0 Å². The summed E-state index contributed by atoms with van der Waals surface area (Å²) in [7, 11) is 0. The first-order valence-electron chi connectivity index (χ1n) is 3.75. The van der Waals surface area contributed by atoms with Crippen LogP contribution in [0.4, 0.5) is 0 Å². The molecule has 0 heterocycles. The fraction of sp³-hybridized carbons (Fsp3) is 0.500. The molecule has 0 aliphatic carbocycles. The van der Waals surface area contributed by atoms with Crippen LogP contribution in [0.5, 0.6) is 0 Å². The Hall–Kier alpha value is -1.34. The summed E-state index contributed by atoms with van der Waals surface area (Å²) in [5.41, 5.74) is 5.73. The van der Waals surface area contributed by atoms with Gasteiger partial charge in [0.25, 0.3) is 0 Å². The van der Waals surface area contributed by atoms with Gasteiger partial charge in [-0.3, -0.25) is 4.99 Å². The minimum atomic E-state index is -0.305. The molecule has 0 bridgehead atoms. The summed E-state index contributed by atoms with van der Waals surface area (Å²) in [5, 5.41) is 17.1. The first-order valence-corrected chi connectivity index (χ1v) is 3.75. The molecule has 0 saturated heterocycles. The van der Waals surface area contributed by atoms with Crippen LogP contribution in [0.25, 0.3) is 0 Å². The van der Waals surface area contributed by atoms with E-state index in [1.165, 1.54) is 6.21 Å². The van der Waals surface area contributed by atoms with Crippen LogP contribution in [0.3, 0.4) is 0 Å². The smallest absolute Gasteiger partial charge is 0.103 e. The molecule has 0 amide bonds. The number of rotatable bonds is 4. The first-order chi connectivity index (χ1) is 5.76. The summed E-state index contributed by atoms with van der Waals surface area (Å²) in [6.07, 6.45) is 2.32. The number of hydrogen-bond acceptors (Lipinski definition) is 4. The third-order valence-corrected chi connectivity index (χ3v) is 1.21. The number of hydrogen-bond donors (Lipinski definition) is 2. The van der Waals surface area contributed by atoms with Gasteiger partial charge in [0.15, 0.2) is 0 Å². The van der Waals surface area contributed by atoms with Gasteiger partial charge in [0.1, 0.15) is 6.07 Å². The van der Waals surface area contributed by atoms with Crippen LogP contribution in [0.15, 0.2) is 16.3 Å². The van der Waals surface area contributed by atoms with E-state index in [0.29, 0.717) is 6.54 Å². The average molecular weight is 167 g/mol. The summed E-state index contributed by atoms with van der Waals surface area (Å²) in [6, 6.07) is 1.86. The number of aliphatic hydroxyl groups excluding tert-OH is 1. The third kappa shape index (κ3) is 3.74. The molecule has 66 valence electrons. The summed E-state index contributed by atoms with van der Waals surface area (Å²) < 4.78 is 0. The fourth-order valence-corrected chi connectivity index (χ4v) is 0.554. The molecule has 4 nitrogen and oxygen atoms in total. The second-order valence-electron chi connectivity index (χ2n) is 2.24. The van der Waals surface area contributed by atoms with E-state index in [1.54, 1.807) is 0 Å². The van der Waals surface area contributed by atoms with Gasteiger partial charge < -0.3 is 10.8 Å². The molecular formula is C8H13N3O. The first kappa shape index (κ1) is 10.7. The molecule has 0 unspecified atom stereocenters. The molecule has 0 rings (SSSR count). The monoisotopic (exact) mass is 167 g/mol. The van der Waals surface area contributed by atoms with E-state index >= 15 is 0 Å². The predicted octanol–water partition coefficient (Wildman–Crippen LogP) is 0.196. The van der Waals surface area contributed by atoms with Gasteiger partial charge in [-0.1, -0.05) is 6.92 Å². The van der Waals surface area contributed by atoms with Gasteiger partial charge in [-0.05, 0) is 6.42 Å². The normalized spacial score (nSPS) is 12.8. The Labute approximate surface area is 72.0 Å². The number of allylic oxidation sites excluding steroid dienone is 1. The number of aliphatic imine (C=N–C) groups is 1. The zero-order valence-electron chi connectivity index (χ0n) is 7.12. The molecule has 0 saturated carbocycles. The Morgan fingerprint density at radius 1 is 1.75 bits per heavy atom. The predicted molar refractivity (Wildman–Crippen MR) is 47.6 cm³/mol. The largest absolute Gasteiger partial charge is 0.399 e. The van der Waals surface area contributed by atoms with Gasteiger partial charge in [-0.25, -0.2) is 0 Å². The van der Waals surface area contributed by atoms with Crippen LogP contribution >= 0.6 is 0 Å². The van der Waals surface area contributed by atoms with E-state index < -0.39 is 0 Å². The summed E-state index contributed by atoms with van der Waals surface area (Å²) >= 11 is 0. The van der Waals surface area contributed by atoms with E-state index in [-0.39, 0.29) is 17.9 Å². The van der Waals surface area contributed by atoms with E-state index in [2.05, 4.69) is 4.99 Å². The Morgan fingerprint density at radius 3 is 2.83 bits per heavy atom. The second kappa shape index (κ2) is 6.38. The number of aliphatic hydroxyl groups is 1. The van der Waals surface area contributed by atoms with E-state index in [0.717, 1.165) is 6.42 Å². The lowest BCUT2D eigenvalue weighted by atomic mass is 10.2. The maximum atomic E-state index is 8.60. The van der Waals surface area contributed by atoms with Crippen molar-refractivity contribution in [1.82, 2.24) is 0 Å². The Balaban J connectivity index is 4.29. The highest BCUT2D eigenvalue weighted by Crippen LogP contribution is 1.93. The van der Waals surface area contributed by atoms with Crippen LogP contribution in [0.1, 0.15) is 13.3 Å². The van der Waals surface area contributed by atoms with Crippen LogP contribution in [-0.2, 0) is 0 Å². The van der Waals surface area contributed by atoms with Crippen LogP contribution in [0, 0.1) is 11.3 Å². The molecule has 0 aromatic rings. The van der Waals surface area contributed by atoms with Gasteiger partial charge in [-0.2, -0.15) is 5.26 Å². The lowest BCUT2D eigenvalue weighted by molar-refractivity contribution is 0.329. The van der Waals surface area contributed by atoms with E-state index in [1.807, 2.05) is 13.0 Å². The highest BCUT2D eigenvalue weighted by Gasteiger charge is 1.96. The topological polar surface area (TPSA) is 82.4 Å². The number of nitriles is 1. The summed E-state index contributed by atoms with van der Waals surface area (Å²) in [6.45, 7) is 2.35. The summed E-state index contributed by atoms with van der Waals surface area (Å²) in [4.78, 5) is 3.93. The lowest BCUT2D eigenvalue weighted by Crippen LogP contribution is -2.07. The highest BCUT2D eigenvalue weighted by atomic mass is 16.3. The zero-order chi connectivity index (χ0) is 9.40. The maximum Gasteiger partial charge on any atom is 0.103 e. The molecule has 4 heteroatoms. The van der Waals surface area contributed by atoms with Crippen molar-refractivity contribution in [3.63, 3.8) is 0 Å². The van der Waals surface area contributed by atoms with Crippen molar-refractivity contribution in [2.45, 2.75) is 13.3 Å². The van der Waals surface area contributed by atoms with Gasteiger partial charge in [0.05, 0.1) is 17.9 Å². The molecule has 0 fully saturated rings. The number of nitrogens with zero attached hydrogens (tertiary/aromatic N) is 2. The SMILES string of the molecule is CCCN=C/C(C#N)=C(\N)CO. The lowest BCUT2D eigenvalue weighted by Gasteiger charge is -1.95. The van der Waals surface area contributed by atoms with Gasteiger partial charge in [0.2, 0.25) is 0 Å². The molecule has 0 aliphatic heterocycles. The van der Waals surface area contributed by atoms with Gasteiger partial charge in [0, 0.05) is 12.8 Å². The maximum absolute atomic E-state index is 8.60. The molecule has 0 spiro atoms. The van der Waals surface area contributed by atoms with Crippen LogP contribution < -0.4 is 5.73 Å². The molecule has 0 aromatic heterocycles. The van der Waals surface area contributed by atoms with Crippen LogP contribution in [0.2, 0.25) is 0 Å². The zero-order valence-corrected chi connectivity index (χ0v) is 7.12. The second-order valence-corrected chi connectivity index (χ2v) is 2.24. The van der Waals surface area contributed by atoms with E-state index in [4.69, 9.17) is 16.1 Å². The van der Waals surface area contributed by atoms with Crippen molar-refractivity contribution < 1.29 is 5.11 Å². The number of nitrogens with two attached hydrogens (primary N) is 1. The quantitative estimate of drug-likeness (QED) is 0.463. The van der Waals surface area contributed by atoms with E-state index in [9.17, 15) is 0 Å². The standard InChI is InChI=1S/C8H13N3O/c1-2-3-11-5-7(4-9)8(10)6-12/h5,12H,2-3,6,10H2,1H3/b8-7-,11-5?. The Bertz CT molecular complexity index is 225. The average Bonchev–Trinajstić information content (AvgIpc) is 2.11. The highest BCUT2D eigenvalue weighted by molar-refractivity contribution is 5.84. The molecule has 12 heavy (non-hydrogen) atoms. The van der Waals surface area contributed by atoms with Crippen molar-refractivity contribution >= 4 is 6.21 Å². The van der Waals surface area contributed by atoms with Gasteiger partial charge in [-0.15, -0.1) is 0 Å². The minimum absolute atomic E-state index is 0.164. The van der Waals surface area contributed by atoms with Crippen molar-refractivity contribution in [1.29, 1.82) is 5.26 Å². The summed E-state index contributed by atoms with van der Waals surface area (Å²) in [5.74, 6) is 0. The molecule has 0 atom stereocenters. The van der Waals surface area contributed by atoms with Crippen molar-refractivity contribution in [2.24, 2.45) is 10.7 Å². The Morgan fingerprint density at radius 2 is 2.42 bits per heavy atom. The third-order valence-electron chi connectivity index (χ3n) is 1.21. The van der Waals surface area contributed by atoms with Crippen molar-refractivity contribution in [3.8, 4) is 6.07 Å². The van der Waals surface area contributed by atoms with Crippen LogP contribution in [-0.4, -0.2) is 24.5 Å². The molecule has 0 aromatic carbocycles. The molecule has 0 aliphatic rings. The van der Waals surface area contributed by atoms with Crippen molar-refractivity contribution in [3.05, 3.63) is 11.3 Å². The molecule has 3 N–H and O–H groups in total. The molecular weight excluding hydrogens is 154 g/mol. The molecule has 0 radical (unpaired) electrons. The fourth-order valence-electron chi connectivity index (χ4n) is 0.554.